The third kappa shape index (κ3) is 1.77. The van der Waals surface area contributed by atoms with E-state index in [-0.39, 0.29) is 0 Å². The number of nitrogens with zero attached hydrogens (tertiary/aromatic N) is 2. The fourth-order valence-corrected chi connectivity index (χ4v) is 4.12. The Labute approximate surface area is 119 Å². The minimum Gasteiger partial charge on any atom is -0.307 e. The second kappa shape index (κ2) is 3.83. The summed E-state index contributed by atoms with van der Waals surface area (Å²) in [7, 11) is 0. The number of thiazole rings is 1. The van der Waals surface area contributed by atoms with Crippen molar-refractivity contribution in [3.8, 4) is 0 Å². The largest absolute Gasteiger partial charge is 0.307 e. The molecule has 0 radical (unpaired) electrons. The first-order valence-corrected chi connectivity index (χ1v) is 7.74. The maximum atomic E-state index is 4.65. The van der Waals surface area contributed by atoms with Gasteiger partial charge in [-0.25, -0.2) is 4.98 Å². The fraction of sp³-hybridized carbons (Fsp3) is 0.667. The van der Waals surface area contributed by atoms with Gasteiger partial charge < -0.3 is 5.32 Å². The number of hydrogen-bond donors (Lipinski definition) is 1. The van der Waals surface area contributed by atoms with Gasteiger partial charge in [0.15, 0.2) is 4.96 Å². The van der Waals surface area contributed by atoms with Crippen molar-refractivity contribution in [2.75, 3.05) is 0 Å². The SMILES string of the molecule is Cc1cn2c(CNC3C(C)(C)C3(C)C)c(C)nc2s1. The van der Waals surface area contributed by atoms with Crippen molar-refractivity contribution in [1.82, 2.24) is 14.7 Å². The van der Waals surface area contributed by atoms with Gasteiger partial charge in [-0.2, -0.15) is 0 Å². The topological polar surface area (TPSA) is 29.3 Å². The number of hydrogen-bond acceptors (Lipinski definition) is 3. The quantitative estimate of drug-likeness (QED) is 0.930. The van der Waals surface area contributed by atoms with Gasteiger partial charge in [0.1, 0.15) is 0 Å². The lowest BCUT2D eigenvalue weighted by molar-refractivity contribution is 0.457. The highest BCUT2D eigenvalue weighted by atomic mass is 32.1. The Balaban J connectivity index is 1.81. The Kier molecular flexibility index (Phi) is 2.64. The average molecular weight is 277 g/mol. The van der Waals surface area contributed by atoms with Crippen LogP contribution in [0.15, 0.2) is 6.20 Å². The van der Waals surface area contributed by atoms with Gasteiger partial charge in [-0.15, -0.1) is 11.3 Å². The van der Waals surface area contributed by atoms with E-state index in [1.54, 1.807) is 11.3 Å². The third-order valence-electron chi connectivity index (χ3n) is 5.24. The van der Waals surface area contributed by atoms with Crippen LogP contribution in [0.2, 0.25) is 0 Å². The van der Waals surface area contributed by atoms with E-state index in [4.69, 9.17) is 0 Å². The van der Waals surface area contributed by atoms with Crippen LogP contribution >= 0.6 is 11.3 Å². The van der Waals surface area contributed by atoms with Gasteiger partial charge in [0.2, 0.25) is 0 Å². The van der Waals surface area contributed by atoms with Crippen molar-refractivity contribution in [2.24, 2.45) is 10.8 Å². The molecule has 1 saturated carbocycles. The minimum absolute atomic E-state index is 0.384. The van der Waals surface area contributed by atoms with Crippen molar-refractivity contribution in [2.45, 2.75) is 54.1 Å². The van der Waals surface area contributed by atoms with Crippen LogP contribution < -0.4 is 5.32 Å². The first kappa shape index (κ1) is 13.1. The van der Waals surface area contributed by atoms with Gasteiger partial charge in [-0.1, -0.05) is 27.7 Å². The van der Waals surface area contributed by atoms with E-state index in [0.717, 1.165) is 17.2 Å². The standard InChI is InChI=1S/C15H23N3S/c1-9-8-18-11(10(2)17-13(18)19-9)7-16-12-14(3,4)15(12,5)6/h8,12,16H,7H2,1-6H3. The van der Waals surface area contributed by atoms with Crippen LogP contribution in [0.5, 0.6) is 0 Å². The highest BCUT2D eigenvalue weighted by Gasteiger charge is 2.64. The molecule has 0 unspecified atom stereocenters. The zero-order valence-electron chi connectivity index (χ0n) is 12.7. The highest BCUT2D eigenvalue weighted by molar-refractivity contribution is 7.17. The summed E-state index contributed by atoms with van der Waals surface area (Å²) in [6.45, 7) is 14.5. The van der Waals surface area contributed by atoms with Crippen molar-refractivity contribution in [3.63, 3.8) is 0 Å². The molecule has 0 amide bonds. The van der Waals surface area contributed by atoms with E-state index >= 15 is 0 Å². The summed E-state index contributed by atoms with van der Waals surface area (Å²) in [5, 5.41) is 3.73. The number of aromatic nitrogens is 2. The lowest BCUT2D eigenvalue weighted by Crippen LogP contribution is -2.22. The molecule has 0 aliphatic heterocycles. The van der Waals surface area contributed by atoms with Crippen molar-refractivity contribution < 1.29 is 0 Å². The maximum absolute atomic E-state index is 4.65. The molecular formula is C15H23N3S. The van der Waals surface area contributed by atoms with E-state index in [9.17, 15) is 0 Å². The second-order valence-corrected chi connectivity index (χ2v) is 8.11. The molecule has 0 aromatic carbocycles. The molecule has 0 atom stereocenters. The summed E-state index contributed by atoms with van der Waals surface area (Å²) in [5.74, 6) is 0. The number of aryl methyl sites for hydroxylation is 2. The smallest absolute Gasteiger partial charge is 0.194 e. The summed E-state index contributed by atoms with van der Waals surface area (Å²) < 4.78 is 2.24. The normalized spacial score (nSPS) is 21.2. The van der Waals surface area contributed by atoms with Crippen molar-refractivity contribution in [1.29, 1.82) is 0 Å². The first-order chi connectivity index (χ1) is 8.75. The lowest BCUT2D eigenvalue weighted by Gasteiger charge is -2.06. The van der Waals surface area contributed by atoms with Crippen LogP contribution in [0.1, 0.15) is 44.0 Å². The Hall–Kier alpha value is -0.870. The van der Waals surface area contributed by atoms with E-state index in [1.807, 2.05) is 0 Å². The van der Waals surface area contributed by atoms with E-state index in [2.05, 4.69) is 62.4 Å². The van der Waals surface area contributed by atoms with Crippen LogP contribution in [0.4, 0.5) is 0 Å². The molecule has 1 fully saturated rings. The number of imidazole rings is 1. The molecule has 0 saturated heterocycles. The molecule has 0 bridgehead atoms. The number of fused-ring (bicyclic) bond motifs is 1. The monoisotopic (exact) mass is 277 g/mol. The molecule has 19 heavy (non-hydrogen) atoms. The molecule has 104 valence electrons. The van der Waals surface area contributed by atoms with Crippen LogP contribution in [-0.4, -0.2) is 15.4 Å². The summed E-state index contributed by atoms with van der Waals surface area (Å²) in [6.07, 6.45) is 2.19. The van der Waals surface area contributed by atoms with Crippen LogP contribution in [0.25, 0.3) is 4.96 Å². The molecule has 0 spiro atoms. The highest BCUT2D eigenvalue weighted by Crippen LogP contribution is 2.62. The lowest BCUT2D eigenvalue weighted by atomic mass is 10.0. The molecule has 2 heterocycles. The number of nitrogens with one attached hydrogen (secondary N) is 1. The summed E-state index contributed by atoms with van der Waals surface area (Å²) in [6, 6.07) is 0.588. The van der Waals surface area contributed by atoms with Gasteiger partial charge in [0, 0.05) is 23.7 Å². The van der Waals surface area contributed by atoms with Gasteiger partial charge in [0.25, 0.3) is 0 Å². The molecule has 1 N–H and O–H groups in total. The van der Waals surface area contributed by atoms with Gasteiger partial charge >= 0.3 is 0 Å². The molecule has 3 nitrogen and oxygen atoms in total. The predicted molar refractivity (Wildman–Crippen MR) is 80.7 cm³/mol. The van der Waals surface area contributed by atoms with Gasteiger partial charge in [-0.05, 0) is 24.7 Å². The Morgan fingerprint density at radius 2 is 1.89 bits per heavy atom. The Morgan fingerprint density at radius 3 is 2.47 bits per heavy atom. The first-order valence-electron chi connectivity index (χ1n) is 6.92. The predicted octanol–water partition coefficient (Wildman–Crippen LogP) is 3.54. The second-order valence-electron chi connectivity index (χ2n) is 6.90. The maximum Gasteiger partial charge on any atom is 0.194 e. The molecule has 2 aromatic heterocycles. The molecule has 1 aliphatic rings. The van der Waals surface area contributed by atoms with Crippen LogP contribution in [0, 0.1) is 24.7 Å². The van der Waals surface area contributed by atoms with Crippen molar-refractivity contribution >= 4 is 16.3 Å². The summed E-state index contributed by atoms with van der Waals surface area (Å²) in [5.41, 5.74) is 3.22. The van der Waals surface area contributed by atoms with Crippen molar-refractivity contribution in [3.05, 3.63) is 22.5 Å². The van der Waals surface area contributed by atoms with E-state index in [1.165, 1.54) is 10.6 Å². The third-order valence-corrected chi connectivity index (χ3v) is 6.13. The minimum atomic E-state index is 0.384. The van der Waals surface area contributed by atoms with E-state index in [0.29, 0.717) is 16.9 Å². The summed E-state index contributed by atoms with van der Waals surface area (Å²) in [4.78, 5) is 7.07. The average Bonchev–Trinajstić information content (AvgIpc) is 2.61. The molecular weight excluding hydrogens is 254 g/mol. The van der Waals surface area contributed by atoms with Crippen LogP contribution in [0.3, 0.4) is 0 Å². The van der Waals surface area contributed by atoms with Gasteiger partial charge in [-0.3, -0.25) is 4.40 Å². The Bertz CT molecular complexity index is 619. The fourth-order valence-electron chi connectivity index (χ4n) is 3.23. The molecule has 2 aromatic rings. The van der Waals surface area contributed by atoms with Crippen LogP contribution in [-0.2, 0) is 6.54 Å². The molecule has 3 rings (SSSR count). The zero-order chi connectivity index (χ0) is 14.0. The number of rotatable bonds is 3. The molecule has 4 heteroatoms. The Morgan fingerprint density at radius 1 is 1.26 bits per heavy atom. The zero-order valence-corrected chi connectivity index (χ0v) is 13.5. The van der Waals surface area contributed by atoms with Gasteiger partial charge in [0.05, 0.1) is 11.4 Å². The van der Waals surface area contributed by atoms with E-state index < -0.39 is 0 Å². The summed E-state index contributed by atoms with van der Waals surface area (Å²) >= 11 is 1.76. The molecule has 1 aliphatic carbocycles.